The van der Waals surface area contributed by atoms with Crippen LogP contribution in [0.1, 0.15) is 173 Å². The molecule has 12 aliphatic rings. The molecule has 0 aromatic carbocycles. The van der Waals surface area contributed by atoms with Crippen LogP contribution in [0.5, 0.6) is 0 Å². The normalized spacial score (nSPS) is 43.7. The molecule has 432 valence electrons. The predicted molar refractivity (Wildman–Crippen MR) is 314 cm³/mol. The summed E-state index contributed by atoms with van der Waals surface area (Å²) in [6, 6.07) is 0. The van der Waals surface area contributed by atoms with Gasteiger partial charge >= 0.3 is 5.97 Å². The van der Waals surface area contributed by atoms with Crippen molar-refractivity contribution in [1.82, 2.24) is 20.0 Å². The summed E-state index contributed by atoms with van der Waals surface area (Å²) in [5.41, 5.74) is 7.41. The van der Waals surface area contributed by atoms with Crippen molar-refractivity contribution in [2.24, 2.45) is 66.0 Å². The van der Waals surface area contributed by atoms with Gasteiger partial charge in [0.05, 0.1) is 5.41 Å². The van der Waals surface area contributed by atoms with E-state index in [-0.39, 0.29) is 71.8 Å². The highest BCUT2D eigenvalue weighted by Crippen LogP contribution is 2.77. The van der Waals surface area contributed by atoms with Gasteiger partial charge in [-0.15, -0.1) is 0 Å². The maximum absolute atomic E-state index is 14.1. The van der Waals surface area contributed by atoms with Crippen LogP contribution in [0, 0.1) is 66.0 Å². The summed E-state index contributed by atoms with van der Waals surface area (Å²) in [6.07, 6.45) is 26.4. The summed E-state index contributed by atoms with van der Waals surface area (Å²) < 4.78 is 0. The molecule has 11 nitrogen and oxygen atoms in total. The Kier molecular flexibility index (Phi) is 14.2. The highest BCUT2D eigenvalue weighted by atomic mass is 16.4. The molecule has 12 rings (SSSR count). The number of likely N-dealkylation sites (N-methyl/N-ethyl adjacent to an activating group) is 2. The third kappa shape index (κ3) is 8.61. The smallest absolute Gasteiger partial charge is 0.309 e. The SMILES string of the molecule is CC1=C(O)C(=O)C=C2C1=CC=C1[C@@]2(C)CC[C@@]2(C)[C@@H]3C[C@](C)(C(=O)N4CCN(C)CC4)CC[C@]3(C)CC[C@]12C.CC1=C(O)C(=O)C=C2C1=CC=C1[C@@]2(C)CC[C@@]2(C)[C@@H]3C[C@](C)(C(=O)O)CC[C@]3(C)CC[C@]12C.CN1CCNCC1. The van der Waals surface area contributed by atoms with Gasteiger partial charge < -0.3 is 35.3 Å². The number of aliphatic hydroxyl groups excluding tert-OH is 2. The molecule has 11 heteroatoms. The van der Waals surface area contributed by atoms with Gasteiger partial charge in [0, 0.05) is 79.7 Å². The number of fused-ring (bicyclic) bond motifs is 14. The number of hydrogen-bond donors (Lipinski definition) is 4. The molecule has 79 heavy (non-hydrogen) atoms. The van der Waals surface area contributed by atoms with E-state index in [4.69, 9.17) is 0 Å². The number of carbonyl (C=O) groups is 4. The Hall–Kier alpha value is -4.32. The van der Waals surface area contributed by atoms with Crippen molar-refractivity contribution in [3.05, 3.63) is 92.6 Å². The van der Waals surface area contributed by atoms with Crippen molar-refractivity contribution >= 4 is 23.4 Å². The van der Waals surface area contributed by atoms with Crippen LogP contribution in [0.4, 0.5) is 0 Å². The van der Waals surface area contributed by atoms with Crippen molar-refractivity contribution in [2.75, 3.05) is 66.5 Å². The van der Waals surface area contributed by atoms with Gasteiger partial charge in [-0.3, -0.25) is 19.2 Å². The Balaban J connectivity index is 0.000000160. The molecule has 0 aromatic rings. The number of rotatable bonds is 2. The van der Waals surface area contributed by atoms with Crippen molar-refractivity contribution in [3.8, 4) is 0 Å². The Morgan fingerprint density at radius 3 is 1.32 bits per heavy atom. The number of carboxylic acid groups (broad SMARTS) is 1. The fourth-order valence-corrected chi connectivity index (χ4v) is 19.5. The number of nitrogens with one attached hydrogen (secondary N) is 1. The van der Waals surface area contributed by atoms with Crippen LogP contribution < -0.4 is 5.32 Å². The lowest BCUT2D eigenvalue weighted by Gasteiger charge is -2.70. The Morgan fingerprint density at radius 1 is 0.519 bits per heavy atom. The molecular formula is C68H98N4O7. The standard InChI is InChI=1S/C34H48N2O3.C29H38O4.C5H12N2/c1-22-23-8-9-26-32(4,24(23)20-25(37)28(22)38)13-15-34(6)27-21-31(3,29(39)36-18-16-35(7)17-19-36)11-10-30(27,2)12-14-33(26,34)5;1-17-18-7-8-21-27(4,19(18)15-20(30)23(17)31)12-14-29(6)22-16-26(3,24(32)33)10-9-25(22,2)11-13-28(21,29)5;1-7-4-2-6-3-5-7/h8-9,20,27,38H,10-19,21H2,1-7H3;7-8,15,22,31H,9-14,16H2,1-6H3,(H,32,33);6H,2-5H2,1H3/t27-,30-,31-,32+,33-,34+;22-,25-,26-,27+,28-,29+;/m11./s1. The van der Waals surface area contributed by atoms with Crippen LogP contribution >= 0.6 is 0 Å². The minimum absolute atomic E-state index is 0.0000746. The number of aliphatic hydroxyl groups is 2. The van der Waals surface area contributed by atoms with Crippen LogP contribution in [0.2, 0.25) is 0 Å². The maximum Gasteiger partial charge on any atom is 0.309 e. The number of carbonyl (C=O) groups excluding carboxylic acids is 3. The number of aliphatic carboxylic acids is 1. The van der Waals surface area contributed by atoms with Gasteiger partial charge in [0.1, 0.15) is 0 Å². The second kappa shape index (κ2) is 19.4. The van der Waals surface area contributed by atoms with E-state index in [0.29, 0.717) is 28.9 Å². The maximum atomic E-state index is 14.1. The van der Waals surface area contributed by atoms with E-state index >= 15 is 0 Å². The molecule has 10 aliphatic carbocycles. The van der Waals surface area contributed by atoms with Crippen molar-refractivity contribution < 1.29 is 34.5 Å². The van der Waals surface area contributed by atoms with E-state index in [0.717, 1.165) is 145 Å². The summed E-state index contributed by atoms with van der Waals surface area (Å²) >= 11 is 0. The number of carboxylic acids is 1. The first-order valence-corrected chi connectivity index (χ1v) is 30.6. The monoisotopic (exact) mass is 1080 g/mol. The van der Waals surface area contributed by atoms with Gasteiger partial charge in [0.25, 0.3) is 0 Å². The number of nitrogens with zero attached hydrogens (tertiary/aromatic N) is 3. The molecule has 0 radical (unpaired) electrons. The fourth-order valence-electron chi connectivity index (χ4n) is 19.5. The van der Waals surface area contributed by atoms with Crippen molar-refractivity contribution in [2.45, 2.75) is 173 Å². The first kappa shape index (κ1) is 57.9. The van der Waals surface area contributed by atoms with Gasteiger partial charge in [0.15, 0.2) is 11.5 Å². The molecule has 8 fully saturated rings. The van der Waals surface area contributed by atoms with E-state index in [1.54, 1.807) is 12.2 Å². The lowest BCUT2D eigenvalue weighted by atomic mass is 9.34. The Bertz CT molecular complexity index is 2890. The van der Waals surface area contributed by atoms with Gasteiger partial charge in [-0.2, -0.15) is 0 Å². The average molecular weight is 1080 g/mol. The van der Waals surface area contributed by atoms with Gasteiger partial charge in [-0.1, -0.05) is 97.8 Å². The highest BCUT2D eigenvalue weighted by Gasteiger charge is 2.69. The van der Waals surface area contributed by atoms with Crippen LogP contribution in [0.3, 0.4) is 0 Å². The second-order valence-corrected chi connectivity index (χ2v) is 30.2. The lowest BCUT2D eigenvalue weighted by Crippen LogP contribution is -2.63. The lowest BCUT2D eigenvalue weighted by molar-refractivity contribution is -0.178. The summed E-state index contributed by atoms with van der Waals surface area (Å²) in [7, 11) is 4.30. The second-order valence-electron chi connectivity index (χ2n) is 30.2. The molecule has 0 unspecified atom stereocenters. The zero-order valence-corrected chi connectivity index (χ0v) is 51.0. The number of hydrogen-bond acceptors (Lipinski definition) is 9. The molecular weight excluding hydrogens is 985 g/mol. The van der Waals surface area contributed by atoms with Crippen molar-refractivity contribution in [3.63, 3.8) is 0 Å². The van der Waals surface area contributed by atoms with Gasteiger partial charge in [-0.05, 0) is 204 Å². The summed E-state index contributed by atoms with van der Waals surface area (Å²) in [5, 5.41) is 34.0. The van der Waals surface area contributed by atoms with E-state index in [1.165, 1.54) is 30.7 Å². The Labute approximate surface area is 473 Å². The molecule has 2 aliphatic heterocycles. The molecule has 2 heterocycles. The quantitative estimate of drug-likeness (QED) is 0.210. The minimum atomic E-state index is -0.655. The fraction of sp³-hybridized carbons (Fsp3) is 0.706. The molecule has 0 aromatic heterocycles. The summed E-state index contributed by atoms with van der Waals surface area (Å²) in [4.78, 5) is 58.4. The molecule has 1 amide bonds. The zero-order valence-electron chi connectivity index (χ0n) is 51.0. The van der Waals surface area contributed by atoms with Gasteiger partial charge in [0.2, 0.25) is 17.5 Å². The van der Waals surface area contributed by atoms with Crippen LogP contribution in [-0.4, -0.2) is 120 Å². The van der Waals surface area contributed by atoms with Crippen LogP contribution in [0.15, 0.2) is 92.6 Å². The number of ketones is 2. The molecule has 0 bridgehead atoms. The molecule has 12 atom stereocenters. The summed E-state index contributed by atoms with van der Waals surface area (Å²) in [5.74, 6) is -0.253. The predicted octanol–water partition coefficient (Wildman–Crippen LogP) is 12.6. The van der Waals surface area contributed by atoms with Crippen LogP contribution in [-0.2, 0) is 19.2 Å². The molecule has 2 saturated heterocycles. The van der Waals surface area contributed by atoms with Crippen molar-refractivity contribution in [1.29, 1.82) is 0 Å². The molecule has 4 N–H and O–H groups in total. The van der Waals surface area contributed by atoms with Gasteiger partial charge in [-0.25, -0.2) is 0 Å². The topological polar surface area (TPSA) is 151 Å². The minimum Gasteiger partial charge on any atom is -0.504 e. The van der Waals surface area contributed by atoms with E-state index < -0.39 is 11.4 Å². The number of allylic oxidation sites excluding steroid dienone is 14. The third-order valence-electron chi connectivity index (χ3n) is 25.9. The van der Waals surface area contributed by atoms with E-state index in [2.05, 4.69) is 121 Å². The average Bonchev–Trinajstić information content (AvgIpc) is 3.60. The largest absolute Gasteiger partial charge is 0.504 e. The zero-order chi connectivity index (χ0) is 57.5. The molecule has 6 saturated carbocycles. The molecule has 0 spiro atoms. The first-order chi connectivity index (χ1) is 36.8. The third-order valence-corrected chi connectivity index (χ3v) is 25.9. The highest BCUT2D eigenvalue weighted by molar-refractivity contribution is 6.07. The first-order valence-electron chi connectivity index (χ1n) is 30.6. The summed E-state index contributed by atoms with van der Waals surface area (Å²) in [6.45, 7) is 35.7. The number of amides is 1. The van der Waals surface area contributed by atoms with Crippen LogP contribution in [0.25, 0.3) is 0 Å². The Morgan fingerprint density at radius 2 is 0.911 bits per heavy atom. The van der Waals surface area contributed by atoms with E-state index in [9.17, 15) is 34.5 Å². The van der Waals surface area contributed by atoms with E-state index in [1.807, 2.05) is 20.8 Å². The number of piperazine rings is 2.